The molecule has 1 aromatic rings. The summed E-state index contributed by atoms with van der Waals surface area (Å²) in [4.78, 5) is 28.2. The molecule has 156 valence electrons. The van der Waals surface area contributed by atoms with Crippen LogP contribution in [0.5, 0.6) is 0 Å². The number of amides is 1. The SMILES string of the molecule is C=C(C)c1cc(N(C(=O)C2CCC(C)CC2)C(C)CCCOC)c(C(=O)O)s1. The number of hydrogen-bond donors (Lipinski definition) is 1. The third-order valence-electron chi connectivity index (χ3n) is 5.60. The van der Waals surface area contributed by atoms with Crippen LogP contribution >= 0.6 is 11.3 Å². The number of methoxy groups -OCH3 is 1. The number of carboxylic acid groups (broad SMARTS) is 1. The molecule has 1 heterocycles. The smallest absolute Gasteiger partial charge is 0.348 e. The Labute approximate surface area is 172 Å². The van der Waals surface area contributed by atoms with Crippen LogP contribution in [0.2, 0.25) is 0 Å². The average molecular weight is 408 g/mol. The lowest BCUT2D eigenvalue weighted by molar-refractivity contribution is -0.124. The fourth-order valence-corrected chi connectivity index (χ4v) is 4.77. The molecule has 1 unspecified atom stereocenters. The number of rotatable bonds is 9. The van der Waals surface area contributed by atoms with Gasteiger partial charge in [0.25, 0.3) is 0 Å². The van der Waals surface area contributed by atoms with E-state index in [0.29, 0.717) is 18.2 Å². The maximum atomic E-state index is 13.5. The summed E-state index contributed by atoms with van der Waals surface area (Å²) in [6, 6.07) is 1.74. The summed E-state index contributed by atoms with van der Waals surface area (Å²) in [5.74, 6) is -0.310. The van der Waals surface area contributed by atoms with Crippen LogP contribution in [0, 0.1) is 11.8 Å². The highest BCUT2D eigenvalue weighted by molar-refractivity contribution is 7.15. The van der Waals surface area contributed by atoms with Crippen molar-refractivity contribution in [1.29, 1.82) is 0 Å². The molecule has 0 spiro atoms. The molecular weight excluding hydrogens is 374 g/mol. The number of hydrogen-bond acceptors (Lipinski definition) is 4. The maximum Gasteiger partial charge on any atom is 0.348 e. The Bertz CT molecular complexity index is 703. The van der Waals surface area contributed by atoms with Gasteiger partial charge in [-0.15, -0.1) is 11.3 Å². The molecule has 1 atom stereocenters. The normalized spacial score (nSPS) is 20.6. The van der Waals surface area contributed by atoms with Crippen LogP contribution in [0.25, 0.3) is 5.57 Å². The molecule has 1 saturated carbocycles. The van der Waals surface area contributed by atoms with Gasteiger partial charge in [0.15, 0.2) is 0 Å². The fraction of sp³-hybridized carbons (Fsp3) is 0.636. The van der Waals surface area contributed by atoms with E-state index in [1.165, 1.54) is 11.3 Å². The van der Waals surface area contributed by atoms with E-state index in [1.54, 1.807) is 12.0 Å². The topological polar surface area (TPSA) is 66.8 Å². The summed E-state index contributed by atoms with van der Waals surface area (Å²) in [6.45, 7) is 10.7. The largest absolute Gasteiger partial charge is 0.477 e. The number of nitrogens with zero attached hydrogens (tertiary/aromatic N) is 1. The molecule has 0 aliphatic heterocycles. The van der Waals surface area contributed by atoms with Gasteiger partial charge in [-0.3, -0.25) is 4.79 Å². The molecule has 6 heteroatoms. The van der Waals surface area contributed by atoms with Crippen molar-refractivity contribution in [3.63, 3.8) is 0 Å². The maximum absolute atomic E-state index is 13.5. The van der Waals surface area contributed by atoms with E-state index < -0.39 is 5.97 Å². The molecule has 0 bridgehead atoms. The lowest BCUT2D eigenvalue weighted by atomic mass is 9.82. The first-order valence-corrected chi connectivity index (χ1v) is 10.9. The van der Waals surface area contributed by atoms with Crippen LogP contribution in [0.15, 0.2) is 12.6 Å². The van der Waals surface area contributed by atoms with Crippen LogP contribution in [0.3, 0.4) is 0 Å². The minimum absolute atomic E-state index is 0.0316. The van der Waals surface area contributed by atoms with Crippen LogP contribution in [-0.4, -0.2) is 36.7 Å². The predicted octanol–water partition coefficient (Wildman–Crippen LogP) is 5.45. The first-order valence-electron chi connectivity index (χ1n) is 10.1. The van der Waals surface area contributed by atoms with E-state index in [1.807, 2.05) is 19.9 Å². The molecule has 0 saturated heterocycles. The Balaban J connectivity index is 2.39. The zero-order valence-corrected chi connectivity index (χ0v) is 18.3. The number of carboxylic acids is 1. The monoisotopic (exact) mass is 407 g/mol. The summed E-state index contributed by atoms with van der Waals surface area (Å²) in [6.07, 6.45) is 5.44. The van der Waals surface area contributed by atoms with Gasteiger partial charge in [-0.05, 0) is 69.9 Å². The van der Waals surface area contributed by atoms with E-state index in [9.17, 15) is 14.7 Å². The average Bonchev–Trinajstić information content (AvgIpc) is 3.08. The highest BCUT2D eigenvalue weighted by Crippen LogP contribution is 2.38. The fourth-order valence-electron chi connectivity index (χ4n) is 3.85. The van der Waals surface area contributed by atoms with Gasteiger partial charge in [-0.2, -0.15) is 0 Å². The third kappa shape index (κ3) is 5.45. The van der Waals surface area contributed by atoms with Gasteiger partial charge in [0.05, 0.1) is 5.69 Å². The second-order valence-corrected chi connectivity index (χ2v) is 9.11. The molecule has 1 aliphatic rings. The van der Waals surface area contributed by atoms with Crippen LogP contribution in [-0.2, 0) is 9.53 Å². The van der Waals surface area contributed by atoms with E-state index in [-0.39, 0.29) is 22.7 Å². The van der Waals surface area contributed by atoms with Gasteiger partial charge in [0.2, 0.25) is 5.91 Å². The highest BCUT2D eigenvalue weighted by Gasteiger charge is 2.34. The molecule has 1 fully saturated rings. The van der Waals surface area contributed by atoms with Crippen LogP contribution < -0.4 is 4.90 Å². The number of aromatic carboxylic acids is 1. The number of thiophene rings is 1. The molecule has 1 aromatic heterocycles. The number of carbonyl (C=O) groups is 2. The summed E-state index contributed by atoms with van der Waals surface area (Å²) < 4.78 is 5.16. The quantitative estimate of drug-likeness (QED) is 0.553. The standard InChI is InChI=1S/C22H33NO4S/c1-14(2)19-13-18(20(28-19)22(25)26)23(16(4)7-6-12-27-5)21(24)17-10-8-15(3)9-11-17/h13,15-17H,1,6-12H2,2-5H3,(H,25,26). The minimum Gasteiger partial charge on any atom is -0.477 e. The zero-order valence-electron chi connectivity index (χ0n) is 17.5. The van der Waals surface area contributed by atoms with Crippen molar-refractivity contribution in [2.24, 2.45) is 11.8 Å². The molecule has 0 radical (unpaired) electrons. The second-order valence-electron chi connectivity index (χ2n) is 8.06. The molecule has 28 heavy (non-hydrogen) atoms. The number of carbonyl (C=O) groups excluding carboxylic acids is 1. The van der Waals surface area contributed by atoms with E-state index in [4.69, 9.17) is 4.74 Å². The molecule has 5 nitrogen and oxygen atoms in total. The van der Waals surface area contributed by atoms with E-state index >= 15 is 0 Å². The number of ether oxygens (including phenoxy) is 1. The first-order chi connectivity index (χ1) is 13.3. The summed E-state index contributed by atoms with van der Waals surface area (Å²) in [5, 5.41) is 9.76. The Morgan fingerprint density at radius 2 is 2.00 bits per heavy atom. The van der Waals surface area contributed by atoms with Crippen molar-refractivity contribution in [1.82, 2.24) is 0 Å². The molecular formula is C22H33NO4S. The summed E-state index contributed by atoms with van der Waals surface area (Å²) >= 11 is 1.20. The highest BCUT2D eigenvalue weighted by atomic mass is 32.1. The minimum atomic E-state index is -0.994. The van der Waals surface area contributed by atoms with Crippen molar-refractivity contribution >= 4 is 34.5 Å². The lowest BCUT2D eigenvalue weighted by Gasteiger charge is -2.35. The molecule has 1 aliphatic carbocycles. The van der Waals surface area contributed by atoms with Crippen LogP contribution in [0.4, 0.5) is 5.69 Å². The molecule has 2 rings (SSSR count). The number of allylic oxidation sites excluding steroid dienone is 1. The third-order valence-corrected chi connectivity index (χ3v) is 6.87. The van der Waals surface area contributed by atoms with Crippen LogP contribution in [0.1, 0.15) is 73.8 Å². The van der Waals surface area contributed by atoms with Gasteiger partial charge < -0.3 is 14.7 Å². The van der Waals surface area contributed by atoms with Crippen molar-refractivity contribution < 1.29 is 19.4 Å². The van der Waals surface area contributed by atoms with E-state index in [0.717, 1.165) is 49.0 Å². The Morgan fingerprint density at radius 3 is 2.54 bits per heavy atom. The van der Waals surface area contributed by atoms with Crippen molar-refractivity contribution in [2.45, 2.75) is 65.3 Å². The lowest BCUT2D eigenvalue weighted by Crippen LogP contribution is -2.44. The zero-order chi connectivity index (χ0) is 20.8. The van der Waals surface area contributed by atoms with Crippen molar-refractivity contribution in [3.8, 4) is 0 Å². The van der Waals surface area contributed by atoms with Gasteiger partial charge >= 0.3 is 5.97 Å². The Kier molecular flexibility index (Phi) is 8.25. The van der Waals surface area contributed by atoms with Crippen molar-refractivity contribution in [3.05, 3.63) is 22.4 Å². The van der Waals surface area contributed by atoms with Gasteiger partial charge in [0, 0.05) is 30.6 Å². The predicted molar refractivity (Wildman–Crippen MR) is 115 cm³/mol. The van der Waals surface area contributed by atoms with Gasteiger partial charge in [-0.1, -0.05) is 13.5 Å². The van der Waals surface area contributed by atoms with Gasteiger partial charge in [0.1, 0.15) is 4.88 Å². The van der Waals surface area contributed by atoms with E-state index in [2.05, 4.69) is 13.5 Å². The Morgan fingerprint density at radius 1 is 1.36 bits per heavy atom. The number of anilines is 1. The summed E-state index contributed by atoms with van der Waals surface area (Å²) in [7, 11) is 1.66. The summed E-state index contributed by atoms with van der Waals surface area (Å²) in [5.41, 5.74) is 1.33. The molecule has 1 N–H and O–H groups in total. The molecule has 0 aromatic carbocycles. The second kappa shape index (κ2) is 10.2. The van der Waals surface area contributed by atoms with Gasteiger partial charge in [-0.25, -0.2) is 4.79 Å². The van der Waals surface area contributed by atoms with Crippen molar-refractivity contribution in [2.75, 3.05) is 18.6 Å². The Hall–Kier alpha value is -1.66. The molecule has 1 amide bonds. The first kappa shape index (κ1) is 22.6.